The lowest BCUT2D eigenvalue weighted by molar-refractivity contribution is 0.0499. The van der Waals surface area contributed by atoms with Crippen molar-refractivity contribution < 1.29 is 4.79 Å². The van der Waals surface area contributed by atoms with Gasteiger partial charge in [0.2, 0.25) is 0 Å². The zero-order valence-corrected chi connectivity index (χ0v) is 15.2. The fourth-order valence-corrected chi connectivity index (χ4v) is 3.67. The molecule has 2 atom stereocenters. The molecule has 2 rings (SSSR count). The van der Waals surface area contributed by atoms with E-state index in [9.17, 15) is 4.79 Å². The van der Waals surface area contributed by atoms with Crippen LogP contribution in [0.3, 0.4) is 0 Å². The number of carbonyl (C=O) groups is 1. The van der Waals surface area contributed by atoms with Gasteiger partial charge in [-0.25, -0.2) is 0 Å². The molecule has 0 radical (unpaired) electrons. The number of benzene rings is 1. The van der Waals surface area contributed by atoms with Crippen LogP contribution in [-0.4, -0.2) is 48.4 Å². The minimum absolute atomic E-state index is 0.0558. The zero-order valence-electron chi connectivity index (χ0n) is 15.2. The van der Waals surface area contributed by atoms with Crippen molar-refractivity contribution in [2.24, 2.45) is 0 Å². The highest BCUT2D eigenvalue weighted by Gasteiger charge is 2.33. The fourth-order valence-electron chi connectivity index (χ4n) is 3.67. The van der Waals surface area contributed by atoms with E-state index in [1.807, 2.05) is 11.9 Å². The summed E-state index contributed by atoms with van der Waals surface area (Å²) in [4.78, 5) is 17.2. The molecule has 130 valence electrons. The lowest BCUT2D eigenvalue weighted by Gasteiger charge is -2.42. The largest absolute Gasteiger partial charge is 0.337 e. The Morgan fingerprint density at radius 1 is 1.17 bits per heavy atom. The SMILES string of the molecule is CCCCN(C)C1CCCCC1N(C)C(=O)c1ccc(C#N)cc1. The highest BCUT2D eigenvalue weighted by atomic mass is 16.2. The van der Waals surface area contributed by atoms with E-state index in [1.165, 1.54) is 25.7 Å². The molecule has 1 saturated carbocycles. The number of carbonyl (C=O) groups excluding carboxylic acids is 1. The summed E-state index contributed by atoms with van der Waals surface area (Å²) in [5.41, 5.74) is 1.25. The Hall–Kier alpha value is -1.86. The first-order chi connectivity index (χ1) is 11.6. The molecule has 24 heavy (non-hydrogen) atoms. The molecule has 1 aromatic rings. The first-order valence-electron chi connectivity index (χ1n) is 9.06. The van der Waals surface area contributed by atoms with Crippen molar-refractivity contribution in [1.82, 2.24) is 9.80 Å². The second kappa shape index (κ2) is 8.84. The van der Waals surface area contributed by atoms with Crippen molar-refractivity contribution in [3.05, 3.63) is 35.4 Å². The number of amides is 1. The van der Waals surface area contributed by atoms with Gasteiger partial charge in [-0.3, -0.25) is 4.79 Å². The van der Waals surface area contributed by atoms with Gasteiger partial charge >= 0.3 is 0 Å². The van der Waals surface area contributed by atoms with Crippen molar-refractivity contribution in [1.29, 1.82) is 5.26 Å². The smallest absolute Gasteiger partial charge is 0.253 e. The van der Waals surface area contributed by atoms with Crippen molar-refractivity contribution >= 4 is 5.91 Å². The number of nitriles is 1. The van der Waals surface area contributed by atoms with Crippen molar-refractivity contribution in [2.75, 3.05) is 20.6 Å². The Balaban J connectivity index is 2.10. The highest BCUT2D eigenvalue weighted by Crippen LogP contribution is 2.27. The summed E-state index contributed by atoms with van der Waals surface area (Å²) >= 11 is 0. The summed E-state index contributed by atoms with van der Waals surface area (Å²) < 4.78 is 0. The molecule has 0 aliphatic heterocycles. The predicted molar refractivity (Wildman–Crippen MR) is 96.8 cm³/mol. The van der Waals surface area contributed by atoms with Crippen molar-refractivity contribution in [3.8, 4) is 6.07 Å². The Morgan fingerprint density at radius 3 is 2.38 bits per heavy atom. The van der Waals surface area contributed by atoms with E-state index in [-0.39, 0.29) is 11.9 Å². The first-order valence-corrected chi connectivity index (χ1v) is 9.06. The number of nitrogens with zero attached hydrogens (tertiary/aromatic N) is 3. The molecular weight excluding hydrogens is 298 g/mol. The van der Waals surface area contributed by atoms with E-state index in [4.69, 9.17) is 5.26 Å². The van der Waals surface area contributed by atoms with E-state index < -0.39 is 0 Å². The van der Waals surface area contributed by atoms with E-state index in [0.29, 0.717) is 17.2 Å². The molecule has 0 N–H and O–H groups in total. The molecule has 1 aliphatic rings. The third kappa shape index (κ3) is 4.36. The minimum atomic E-state index is 0.0558. The number of likely N-dealkylation sites (N-methyl/N-ethyl adjacent to an activating group) is 2. The molecular formula is C20H29N3O. The predicted octanol–water partition coefficient (Wildman–Crippen LogP) is 3.67. The Morgan fingerprint density at radius 2 is 1.79 bits per heavy atom. The van der Waals surface area contributed by atoms with Crippen molar-refractivity contribution in [3.63, 3.8) is 0 Å². The second-order valence-electron chi connectivity index (χ2n) is 6.86. The number of hydrogen-bond donors (Lipinski definition) is 0. The first kappa shape index (κ1) is 18.5. The minimum Gasteiger partial charge on any atom is -0.337 e. The fraction of sp³-hybridized carbons (Fsp3) is 0.600. The molecule has 1 aromatic carbocycles. The molecule has 1 aliphatic carbocycles. The van der Waals surface area contributed by atoms with Gasteiger partial charge in [-0.1, -0.05) is 26.2 Å². The van der Waals surface area contributed by atoms with E-state index in [0.717, 1.165) is 19.4 Å². The molecule has 1 fully saturated rings. The quantitative estimate of drug-likeness (QED) is 0.801. The number of rotatable bonds is 6. The third-order valence-corrected chi connectivity index (χ3v) is 5.20. The maximum Gasteiger partial charge on any atom is 0.253 e. The molecule has 4 heteroatoms. The van der Waals surface area contributed by atoms with Crippen LogP contribution in [0, 0.1) is 11.3 Å². The molecule has 0 heterocycles. The summed E-state index contributed by atoms with van der Waals surface area (Å²) in [5.74, 6) is 0.0558. The molecule has 4 nitrogen and oxygen atoms in total. The molecule has 0 saturated heterocycles. The van der Waals surface area contributed by atoms with Crippen LogP contribution in [0.2, 0.25) is 0 Å². The van der Waals surface area contributed by atoms with Crippen molar-refractivity contribution in [2.45, 2.75) is 57.5 Å². The Bertz CT molecular complexity index is 576. The van der Waals surface area contributed by atoms with Crippen LogP contribution in [0.5, 0.6) is 0 Å². The Kier molecular flexibility index (Phi) is 6.81. The van der Waals surface area contributed by atoms with Crippen LogP contribution in [0.4, 0.5) is 0 Å². The summed E-state index contributed by atoms with van der Waals surface area (Å²) in [6, 6.07) is 9.76. The van der Waals surface area contributed by atoms with Crippen LogP contribution in [0.25, 0.3) is 0 Å². The standard InChI is InChI=1S/C20H29N3O/c1-4-5-14-22(2)18-8-6-7-9-19(18)23(3)20(24)17-12-10-16(15-21)11-13-17/h10-13,18-19H,4-9,14H2,1-3H3. The molecule has 0 bridgehead atoms. The van der Waals surface area contributed by atoms with Gasteiger partial charge in [0.15, 0.2) is 0 Å². The van der Waals surface area contributed by atoms with Gasteiger partial charge in [0, 0.05) is 24.7 Å². The van der Waals surface area contributed by atoms with E-state index in [1.54, 1.807) is 24.3 Å². The van der Waals surface area contributed by atoms with Gasteiger partial charge in [0.05, 0.1) is 11.6 Å². The van der Waals surface area contributed by atoms with Gasteiger partial charge < -0.3 is 9.80 Å². The maximum absolute atomic E-state index is 12.9. The van der Waals surface area contributed by atoms with Gasteiger partial charge in [-0.2, -0.15) is 5.26 Å². The summed E-state index contributed by atoms with van der Waals surface area (Å²) in [6.07, 6.45) is 7.06. The molecule has 2 unspecified atom stereocenters. The van der Waals surface area contributed by atoms with Gasteiger partial charge in [0.25, 0.3) is 5.91 Å². The van der Waals surface area contributed by atoms with E-state index in [2.05, 4.69) is 24.9 Å². The normalized spacial score (nSPS) is 20.6. The zero-order chi connectivity index (χ0) is 17.5. The van der Waals surface area contributed by atoms with Crippen LogP contribution < -0.4 is 0 Å². The summed E-state index contributed by atoms with van der Waals surface area (Å²) in [7, 11) is 4.12. The average Bonchev–Trinajstić information content (AvgIpc) is 2.65. The third-order valence-electron chi connectivity index (χ3n) is 5.20. The van der Waals surface area contributed by atoms with Crippen LogP contribution in [0.1, 0.15) is 61.4 Å². The van der Waals surface area contributed by atoms with Gasteiger partial charge in [0.1, 0.15) is 0 Å². The number of unbranched alkanes of at least 4 members (excludes halogenated alkanes) is 1. The molecule has 0 spiro atoms. The van der Waals surface area contributed by atoms with Crippen LogP contribution >= 0.6 is 0 Å². The monoisotopic (exact) mass is 327 g/mol. The average molecular weight is 327 g/mol. The van der Waals surface area contributed by atoms with Gasteiger partial charge in [-0.15, -0.1) is 0 Å². The Labute approximate surface area is 146 Å². The topological polar surface area (TPSA) is 47.3 Å². The lowest BCUT2D eigenvalue weighted by Crippen LogP contribution is -2.53. The molecule has 1 amide bonds. The lowest BCUT2D eigenvalue weighted by atomic mass is 9.88. The summed E-state index contributed by atoms with van der Waals surface area (Å²) in [5, 5.41) is 8.90. The highest BCUT2D eigenvalue weighted by molar-refractivity contribution is 5.94. The van der Waals surface area contributed by atoms with Crippen LogP contribution in [0.15, 0.2) is 24.3 Å². The summed E-state index contributed by atoms with van der Waals surface area (Å²) in [6.45, 7) is 3.31. The van der Waals surface area contributed by atoms with E-state index >= 15 is 0 Å². The van der Waals surface area contributed by atoms with Gasteiger partial charge in [-0.05, 0) is 57.1 Å². The maximum atomic E-state index is 12.9. The number of hydrogen-bond acceptors (Lipinski definition) is 3. The van der Waals surface area contributed by atoms with Crippen LogP contribution in [-0.2, 0) is 0 Å². The molecule has 0 aromatic heterocycles. The second-order valence-corrected chi connectivity index (χ2v) is 6.86.